The molecule has 1 fully saturated rings. The van der Waals surface area contributed by atoms with E-state index in [2.05, 4.69) is 10.6 Å². The van der Waals surface area contributed by atoms with Crippen molar-refractivity contribution in [1.82, 2.24) is 15.5 Å². The molecule has 0 saturated carbocycles. The summed E-state index contributed by atoms with van der Waals surface area (Å²) >= 11 is 6.10. The van der Waals surface area contributed by atoms with Crippen molar-refractivity contribution in [2.45, 2.75) is 56.1 Å². The van der Waals surface area contributed by atoms with Crippen LogP contribution in [-0.4, -0.2) is 84.8 Å². The highest BCUT2D eigenvalue weighted by Gasteiger charge is 2.41. The van der Waals surface area contributed by atoms with Crippen molar-refractivity contribution < 1.29 is 33.4 Å². The molecule has 4 atom stereocenters. The second-order valence-electron chi connectivity index (χ2n) is 11.0. The Hall–Kier alpha value is -3.54. The van der Waals surface area contributed by atoms with Crippen LogP contribution in [0, 0.1) is 5.92 Å². The minimum atomic E-state index is -1.13. The molecular formula is C31H40ClFN4O6. The van der Waals surface area contributed by atoms with E-state index >= 15 is 0 Å². The van der Waals surface area contributed by atoms with Gasteiger partial charge in [0.1, 0.15) is 6.04 Å². The Morgan fingerprint density at radius 1 is 1.09 bits per heavy atom. The Morgan fingerprint density at radius 3 is 2.42 bits per heavy atom. The summed E-state index contributed by atoms with van der Waals surface area (Å²) in [6.45, 7) is -0.410. The number of carboxylic acid groups (broad SMARTS) is 1. The number of likely N-dealkylation sites (tertiary alicyclic amines) is 1. The number of piperidine rings is 1. The standard InChI is InChI=1S/C31H40ClFN4O6/c1-43-19-26(35-28(40)25(34)12-14-33)29(41)36-31(18-22-8-10-24(32)11-9-22)13-5-15-37(20-31)30(42)23(17-27(38)39)16-21-6-3-2-4-7-21/h2-4,6-11,23,25-26H,5,12-20,34H2,1H3,(H,35,40)(H,36,41)(H,38,39)/t23-,25+,26+,31-/m1/s1. The van der Waals surface area contributed by atoms with E-state index in [1.54, 1.807) is 17.0 Å². The Morgan fingerprint density at radius 2 is 1.79 bits per heavy atom. The van der Waals surface area contributed by atoms with Crippen molar-refractivity contribution in [2.24, 2.45) is 11.7 Å². The fourth-order valence-corrected chi connectivity index (χ4v) is 5.57. The number of benzene rings is 2. The van der Waals surface area contributed by atoms with Crippen LogP contribution in [0.3, 0.4) is 0 Å². The number of rotatable bonds is 15. The number of nitrogens with one attached hydrogen (secondary N) is 2. The number of nitrogens with zero attached hydrogens (tertiary/aromatic N) is 1. The normalized spacial score (nSPS) is 18.7. The van der Waals surface area contributed by atoms with Gasteiger partial charge in [0.25, 0.3) is 0 Å². The number of hydrogen-bond donors (Lipinski definition) is 4. The lowest BCUT2D eigenvalue weighted by Gasteiger charge is -2.45. The fourth-order valence-electron chi connectivity index (χ4n) is 5.44. The molecule has 3 amide bonds. The molecule has 2 aromatic carbocycles. The van der Waals surface area contributed by atoms with Crippen molar-refractivity contribution in [3.63, 3.8) is 0 Å². The van der Waals surface area contributed by atoms with Crippen LogP contribution < -0.4 is 16.4 Å². The Labute approximate surface area is 256 Å². The van der Waals surface area contributed by atoms with E-state index in [1.165, 1.54) is 7.11 Å². The molecular weight excluding hydrogens is 579 g/mol. The van der Waals surface area contributed by atoms with Crippen LogP contribution in [0.15, 0.2) is 54.6 Å². The number of carboxylic acids is 1. The first-order valence-electron chi connectivity index (χ1n) is 14.3. The minimum absolute atomic E-state index is 0.125. The van der Waals surface area contributed by atoms with E-state index in [9.17, 15) is 28.7 Å². The van der Waals surface area contributed by atoms with Gasteiger partial charge in [-0.25, -0.2) is 0 Å². The summed E-state index contributed by atoms with van der Waals surface area (Å²) in [6.07, 6.45) is 1.15. The third-order valence-corrected chi connectivity index (χ3v) is 7.80. The highest BCUT2D eigenvalue weighted by molar-refractivity contribution is 6.30. The van der Waals surface area contributed by atoms with Crippen LogP contribution >= 0.6 is 11.6 Å². The number of carbonyl (C=O) groups excluding carboxylic acids is 3. The number of methoxy groups -OCH3 is 1. The Balaban J connectivity index is 1.88. The molecule has 0 radical (unpaired) electrons. The molecule has 10 nitrogen and oxygen atoms in total. The van der Waals surface area contributed by atoms with Crippen molar-refractivity contribution in [3.8, 4) is 0 Å². The molecule has 1 saturated heterocycles. The van der Waals surface area contributed by atoms with E-state index in [0.29, 0.717) is 30.8 Å². The largest absolute Gasteiger partial charge is 0.481 e. The van der Waals surface area contributed by atoms with Gasteiger partial charge in [-0.1, -0.05) is 54.1 Å². The first kappa shape index (κ1) is 34.0. The second kappa shape index (κ2) is 16.3. The van der Waals surface area contributed by atoms with E-state index < -0.39 is 48.0 Å². The molecule has 12 heteroatoms. The first-order valence-corrected chi connectivity index (χ1v) is 14.7. The Kier molecular flexibility index (Phi) is 12.9. The number of carbonyl (C=O) groups is 4. The average molecular weight is 619 g/mol. The second-order valence-corrected chi connectivity index (χ2v) is 11.5. The zero-order valence-electron chi connectivity index (χ0n) is 24.3. The average Bonchev–Trinajstić information content (AvgIpc) is 2.98. The summed E-state index contributed by atoms with van der Waals surface area (Å²) in [5.74, 6) is -3.40. The van der Waals surface area contributed by atoms with Crippen molar-refractivity contribution in [1.29, 1.82) is 0 Å². The molecule has 1 aliphatic heterocycles. The third kappa shape index (κ3) is 10.3. The number of amides is 3. The van der Waals surface area contributed by atoms with Crippen LogP contribution in [-0.2, 0) is 36.8 Å². The molecule has 0 spiro atoms. The lowest BCUT2D eigenvalue weighted by Crippen LogP contribution is -2.65. The number of halogens is 2. The van der Waals surface area contributed by atoms with Crippen molar-refractivity contribution in [3.05, 3.63) is 70.7 Å². The maximum Gasteiger partial charge on any atom is 0.304 e. The van der Waals surface area contributed by atoms with Gasteiger partial charge in [0.05, 0.1) is 37.2 Å². The van der Waals surface area contributed by atoms with Gasteiger partial charge < -0.3 is 31.1 Å². The summed E-state index contributed by atoms with van der Waals surface area (Å²) in [6, 6.07) is 14.1. The first-order chi connectivity index (χ1) is 20.6. The number of hydrogen-bond acceptors (Lipinski definition) is 6. The molecule has 234 valence electrons. The van der Waals surface area contributed by atoms with Crippen LogP contribution in [0.25, 0.3) is 0 Å². The topological polar surface area (TPSA) is 151 Å². The number of nitrogens with two attached hydrogens (primary N) is 1. The molecule has 1 heterocycles. The number of aliphatic carboxylic acids is 1. The van der Waals surface area contributed by atoms with Crippen LogP contribution in [0.2, 0.25) is 5.02 Å². The lowest BCUT2D eigenvalue weighted by atomic mass is 9.82. The Bertz CT molecular complexity index is 1230. The molecule has 0 aromatic heterocycles. The number of alkyl halides is 1. The molecule has 1 aliphatic rings. The van der Waals surface area contributed by atoms with Gasteiger partial charge in [0.2, 0.25) is 17.7 Å². The quantitative estimate of drug-likeness (QED) is 0.239. The van der Waals surface area contributed by atoms with E-state index in [-0.39, 0.29) is 38.3 Å². The maximum atomic E-state index is 13.8. The molecule has 3 rings (SSSR count). The monoisotopic (exact) mass is 618 g/mol. The molecule has 5 N–H and O–H groups in total. The zero-order chi connectivity index (χ0) is 31.4. The highest BCUT2D eigenvalue weighted by atomic mass is 35.5. The van der Waals surface area contributed by atoms with Gasteiger partial charge >= 0.3 is 5.97 Å². The summed E-state index contributed by atoms with van der Waals surface area (Å²) < 4.78 is 17.9. The van der Waals surface area contributed by atoms with Crippen molar-refractivity contribution >= 4 is 35.3 Å². The predicted molar refractivity (Wildman–Crippen MR) is 160 cm³/mol. The zero-order valence-corrected chi connectivity index (χ0v) is 25.0. The summed E-state index contributed by atoms with van der Waals surface area (Å²) in [4.78, 5) is 53.3. The van der Waals surface area contributed by atoms with Gasteiger partial charge in [-0.2, -0.15) is 0 Å². The fraction of sp³-hybridized carbons (Fsp3) is 0.484. The molecule has 2 aromatic rings. The predicted octanol–water partition coefficient (Wildman–Crippen LogP) is 2.51. The molecule has 0 bridgehead atoms. The third-order valence-electron chi connectivity index (χ3n) is 7.55. The van der Waals surface area contributed by atoms with Gasteiger partial charge in [-0.05, 0) is 55.4 Å². The van der Waals surface area contributed by atoms with E-state index in [1.807, 2.05) is 42.5 Å². The van der Waals surface area contributed by atoms with Crippen LogP contribution in [0.5, 0.6) is 0 Å². The molecule has 0 aliphatic carbocycles. The highest BCUT2D eigenvalue weighted by Crippen LogP contribution is 2.29. The van der Waals surface area contributed by atoms with Gasteiger partial charge in [0, 0.05) is 25.2 Å². The van der Waals surface area contributed by atoms with Crippen LogP contribution in [0.4, 0.5) is 4.39 Å². The summed E-state index contributed by atoms with van der Waals surface area (Å²) in [7, 11) is 1.38. The van der Waals surface area contributed by atoms with Gasteiger partial charge in [-0.15, -0.1) is 0 Å². The molecule has 43 heavy (non-hydrogen) atoms. The summed E-state index contributed by atoms with van der Waals surface area (Å²) in [5.41, 5.74) is 6.51. The summed E-state index contributed by atoms with van der Waals surface area (Å²) in [5, 5.41) is 15.8. The van der Waals surface area contributed by atoms with Gasteiger partial charge in [0.15, 0.2) is 0 Å². The minimum Gasteiger partial charge on any atom is -0.481 e. The van der Waals surface area contributed by atoms with E-state index in [0.717, 1.165) is 11.1 Å². The maximum absolute atomic E-state index is 13.8. The van der Waals surface area contributed by atoms with Crippen LogP contribution in [0.1, 0.15) is 36.8 Å². The van der Waals surface area contributed by atoms with E-state index in [4.69, 9.17) is 22.1 Å². The van der Waals surface area contributed by atoms with Gasteiger partial charge in [-0.3, -0.25) is 23.6 Å². The lowest BCUT2D eigenvalue weighted by molar-refractivity contribution is -0.146. The smallest absolute Gasteiger partial charge is 0.304 e. The van der Waals surface area contributed by atoms with Crippen molar-refractivity contribution in [2.75, 3.05) is 33.5 Å². The number of ether oxygens (including phenoxy) is 1. The SMILES string of the molecule is COC[C@H](NC(=O)[C@@H](N)CCF)C(=O)N[C@@]1(Cc2ccc(Cl)cc2)CCCN(C(=O)[C@@H](CC(=O)O)Cc2ccccc2)C1. The molecule has 0 unspecified atom stereocenters.